The SMILES string of the molecule is CC1CN(c2nccn(C(C)(C)C)c2=O)CC(C)N1. The van der Waals surface area contributed by atoms with Crippen LogP contribution in [-0.2, 0) is 5.54 Å². The van der Waals surface area contributed by atoms with Gasteiger partial charge in [-0.2, -0.15) is 0 Å². The van der Waals surface area contributed by atoms with Gasteiger partial charge < -0.3 is 14.8 Å². The molecule has 1 aromatic rings. The highest BCUT2D eigenvalue weighted by Crippen LogP contribution is 2.14. The summed E-state index contributed by atoms with van der Waals surface area (Å²) < 4.78 is 1.76. The van der Waals surface area contributed by atoms with E-state index in [2.05, 4.69) is 29.0 Å². The third kappa shape index (κ3) is 2.97. The molecule has 1 saturated heterocycles. The van der Waals surface area contributed by atoms with Gasteiger partial charge in [0.1, 0.15) is 0 Å². The molecule has 2 atom stereocenters. The van der Waals surface area contributed by atoms with E-state index in [-0.39, 0.29) is 11.1 Å². The van der Waals surface area contributed by atoms with E-state index in [0.29, 0.717) is 17.9 Å². The van der Waals surface area contributed by atoms with Gasteiger partial charge in [-0.1, -0.05) is 0 Å². The van der Waals surface area contributed by atoms with Crippen LogP contribution >= 0.6 is 0 Å². The number of piperazine rings is 1. The summed E-state index contributed by atoms with van der Waals surface area (Å²) in [7, 11) is 0. The lowest BCUT2D eigenvalue weighted by molar-refractivity contribution is 0.376. The Bertz CT molecular complexity index is 493. The average molecular weight is 264 g/mol. The molecule has 0 aliphatic carbocycles. The van der Waals surface area contributed by atoms with E-state index < -0.39 is 0 Å². The zero-order chi connectivity index (χ0) is 14.2. The average Bonchev–Trinajstić information content (AvgIpc) is 2.26. The molecule has 19 heavy (non-hydrogen) atoms. The summed E-state index contributed by atoms with van der Waals surface area (Å²) in [6.45, 7) is 12.0. The van der Waals surface area contributed by atoms with Crippen molar-refractivity contribution in [3.8, 4) is 0 Å². The second-order valence-corrected chi connectivity index (χ2v) is 6.47. The van der Waals surface area contributed by atoms with Crippen LogP contribution in [0.3, 0.4) is 0 Å². The van der Waals surface area contributed by atoms with Gasteiger partial charge in [0, 0.05) is 43.1 Å². The fraction of sp³-hybridized carbons (Fsp3) is 0.714. The maximum Gasteiger partial charge on any atom is 0.293 e. The Morgan fingerprint density at radius 3 is 2.37 bits per heavy atom. The number of aromatic nitrogens is 2. The number of nitrogens with one attached hydrogen (secondary N) is 1. The molecule has 0 aromatic carbocycles. The van der Waals surface area contributed by atoms with Crippen LogP contribution in [0.2, 0.25) is 0 Å². The van der Waals surface area contributed by atoms with Gasteiger partial charge in [0.2, 0.25) is 0 Å². The minimum atomic E-state index is -0.222. The van der Waals surface area contributed by atoms with Crippen molar-refractivity contribution in [2.45, 2.75) is 52.2 Å². The van der Waals surface area contributed by atoms with Gasteiger partial charge >= 0.3 is 0 Å². The molecule has 5 heteroatoms. The Labute approximate surface area is 114 Å². The molecule has 1 aliphatic rings. The van der Waals surface area contributed by atoms with Crippen molar-refractivity contribution >= 4 is 5.82 Å². The van der Waals surface area contributed by atoms with E-state index in [1.54, 1.807) is 17.0 Å². The van der Waals surface area contributed by atoms with E-state index in [9.17, 15) is 4.79 Å². The fourth-order valence-corrected chi connectivity index (χ4v) is 2.65. The summed E-state index contributed by atoms with van der Waals surface area (Å²) in [5, 5.41) is 3.46. The number of rotatable bonds is 1. The smallest absolute Gasteiger partial charge is 0.293 e. The summed E-state index contributed by atoms with van der Waals surface area (Å²) in [5.74, 6) is 0.567. The zero-order valence-electron chi connectivity index (χ0n) is 12.5. The van der Waals surface area contributed by atoms with E-state index in [4.69, 9.17) is 0 Å². The van der Waals surface area contributed by atoms with E-state index in [0.717, 1.165) is 13.1 Å². The van der Waals surface area contributed by atoms with Gasteiger partial charge in [-0.25, -0.2) is 4.98 Å². The summed E-state index contributed by atoms with van der Waals surface area (Å²) in [4.78, 5) is 19.0. The first kappa shape index (κ1) is 14.1. The second-order valence-electron chi connectivity index (χ2n) is 6.47. The predicted octanol–water partition coefficient (Wildman–Crippen LogP) is 1.18. The van der Waals surface area contributed by atoms with Crippen LogP contribution in [0, 0.1) is 0 Å². The minimum absolute atomic E-state index is 0.00343. The maximum absolute atomic E-state index is 12.6. The van der Waals surface area contributed by atoms with Crippen LogP contribution in [0.15, 0.2) is 17.2 Å². The minimum Gasteiger partial charge on any atom is -0.349 e. The fourth-order valence-electron chi connectivity index (χ4n) is 2.65. The molecule has 106 valence electrons. The van der Waals surface area contributed by atoms with Crippen molar-refractivity contribution < 1.29 is 0 Å². The van der Waals surface area contributed by atoms with Gasteiger partial charge in [-0.3, -0.25) is 4.79 Å². The van der Waals surface area contributed by atoms with Crippen molar-refractivity contribution in [3.63, 3.8) is 0 Å². The molecule has 0 spiro atoms. The molecule has 2 heterocycles. The lowest BCUT2D eigenvalue weighted by Gasteiger charge is -2.37. The Kier molecular flexibility index (Phi) is 3.67. The quantitative estimate of drug-likeness (QED) is 0.827. The standard InChI is InChI=1S/C14H24N4O/c1-10-8-17(9-11(2)16-10)12-13(19)18(7-6-15-12)14(3,4)5/h6-7,10-11,16H,8-9H2,1-5H3. The summed E-state index contributed by atoms with van der Waals surface area (Å²) in [6.07, 6.45) is 3.49. The largest absolute Gasteiger partial charge is 0.349 e. The van der Waals surface area contributed by atoms with Crippen LogP contribution in [0.1, 0.15) is 34.6 Å². The summed E-state index contributed by atoms with van der Waals surface area (Å²) >= 11 is 0. The Morgan fingerprint density at radius 1 is 1.26 bits per heavy atom. The monoisotopic (exact) mass is 264 g/mol. The van der Waals surface area contributed by atoms with Crippen molar-refractivity contribution in [2.75, 3.05) is 18.0 Å². The summed E-state index contributed by atoms with van der Waals surface area (Å²) in [5.41, 5.74) is -0.226. The van der Waals surface area contributed by atoms with Gasteiger partial charge in [-0.15, -0.1) is 0 Å². The van der Waals surface area contributed by atoms with Gasteiger partial charge in [0.25, 0.3) is 5.56 Å². The molecule has 1 aliphatic heterocycles. The first-order chi connectivity index (χ1) is 8.79. The molecule has 1 N–H and O–H groups in total. The third-order valence-electron chi connectivity index (χ3n) is 3.40. The molecular weight excluding hydrogens is 240 g/mol. The van der Waals surface area contributed by atoms with Crippen LogP contribution in [-0.4, -0.2) is 34.7 Å². The first-order valence-corrected chi connectivity index (χ1v) is 6.88. The molecule has 0 amide bonds. The van der Waals surface area contributed by atoms with Gasteiger partial charge in [-0.05, 0) is 34.6 Å². The van der Waals surface area contributed by atoms with E-state index >= 15 is 0 Å². The molecule has 0 saturated carbocycles. The molecule has 0 bridgehead atoms. The van der Waals surface area contributed by atoms with Crippen molar-refractivity contribution in [1.29, 1.82) is 0 Å². The number of hydrogen-bond acceptors (Lipinski definition) is 4. The Balaban J connectivity index is 2.38. The van der Waals surface area contributed by atoms with Crippen LogP contribution < -0.4 is 15.8 Å². The highest BCUT2D eigenvalue weighted by Gasteiger charge is 2.25. The normalized spacial score (nSPS) is 24.6. The second kappa shape index (κ2) is 4.96. The van der Waals surface area contributed by atoms with Gasteiger partial charge in [0.15, 0.2) is 5.82 Å². The van der Waals surface area contributed by atoms with E-state index in [1.165, 1.54) is 0 Å². The Hall–Kier alpha value is -1.36. The zero-order valence-corrected chi connectivity index (χ0v) is 12.5. The molecule has 2 unspecified atom stereocenters. The Morgan fingerprint density at radius 2 is 1.84 bits per heavy atom. The maximum atomic E-state index is 12.6. The highest BCUT2D eigenvalue weighted by molar-refractivity contribution is 5.37. The molecular formula is C14H24N4O. The topological polar surface area (TPSA) is 50.2 Å². The van der Waals surface area contributed by atoms with E-state index in [1.807, 2.05) is 20.8 Å². The van der Waals surface area contributed by atoms with Crippen molar-refractivity contribution in [2.24, 2.45) is 0 Å². The molecule has 1 aromatic heterocycles. The number of anilines is 1. The molecule has 0 radical (unpaired) electrons. The molecule has 1 fully saturated rings. The van der Waals surface area contributed by atoms with Crippen molar-refractivity contribution in [3.05, 3.63) is 22.7 Å². The van der Waals surface area contributed by atoms with Crippen molar-refractivity contribution in [1.82, 2.24) is 14.9 Å². The van der Waals surface area contributed by atoms with Crippen LogP contribution in [0.4, 0.5) is 5.82 Å². The predicted molar refractivity (Wildman–Crippen MR) is 77.8 cm³/mol. The van der Waals surface area contributed by atoms with Crippen LogP contribution in [0.5, 0.6) is 0 Å². The number of hydrogen-bond donors (Lipinski definition) is 1. The third-order valence-corrected chi connectivity index (χ3v) is 3.40. The highest BCUT2D eigenvalue weighted by atomic mass is 16.1. The summed E-state index contributed by atoms with van der Waals surface area (Å²) in [6, 6.07) is 0.737. The molecule has 5 nitrogen and oxygen atoms in total. The lowest BCUT2D eigenvalue weighted by Crippen LogP contribution is -2.56. The molecule has 2 rings (SSSR count). The lowest BCUT2D eigenvalue weighted by atomic mass is 10.1. The first-order valence-electron chi connectivity index (χ1n) is 6.88. The van der Waals surface area contributed by atoms with Gasteiger partial charge in [0.05, 0.1) is 0 Å². The van der Waals surface area contributed by atoms with Crippen LogP contribution in [0.25, 0.3) is 0 Å². The number of nitrogens with zero attached hydrogens (tertiary/aromatic N) is 3.